The number of benzene rings is 1. The third kappa shape index (κ3) is 2.83. The van der Waals surface area contributed by atoms with Gasteiger partial charge in [0, 0.05) is 11.4 Å². The average molecular weight is 276 g/mol. The lowest BCUT2D eigenvalue weighted by atomic mass is 10.2. The summed E-state index contributed by atoms with van der Waals surface area (Å²) in [5, 5.41) is 0.589. The van der Waals surface area contributed by atoms with E-state index in [9.17, 15) is 4.79 Å². The second-order valence-corrected chi connectivity index (χ2v) is 4.58. The van der Waals surface area contributed by atoms with Crippen LogP contribution in [-0.4, -0.2) is 25.3 Å². The number of ether oxygens (including phenoxy) is 2. The number of anilines is 1. The predicted octanol–water partition coefficient (Wildman–Crippen LogP) is 2.52. The zero-order chi connectivity index (χ0) is 12.4. The highest BCUT2D eigenvalue weighted by atomic mass is 35.5. The van der Waals surface area contributed by atoms with E-state index < -0.39 is 5.97 Å². The number of esters is 1. The molecular formula is C11H11Cl2NO3. The standard InChI is InChI=1S/C11H11Cl2NO3/c12-6-3-8(10(14)9(13)4-6)11(15)17-7-1-2-16-5-7/h3-4,7H,1-2,5,14H2. The van der Waals surface area contributed by atoms with Crippen molar-refractivity contribution in [3.05, 3.63) is 27.7 Å². The second-order valence-electron chi connectivity index (χ2n) is 3.74. The van der Waals surface area contributed by atoms with Gasteiger partial charge < -0.3 is 15.2 Å². The highest BCUT2D eigenvalue weighted by Gasteiger charge is 2.23. The molecule has 1 atom stereocenters. The number of carbonyl (C=O) groups excluding carboxylic acids is 1. The van der Waals surface area contributed by atoms with E-state index in [1.54, 1.807) is 0 Å². The first-order valence-electron chi connectivity index (χ1n) is 5.11. The smallest absolute Gasteiger partial charge is 0.340 e. The Kier molecular flexibility index (Phi) is 3.76. The Morgan fingerprint density at radius 3 is 2.88 bits per heavy atom. The minimum atomic E-state index is -0.526. The second kappa shape index (κ2) is 5.12. The van der Waals surface area contributed by atoms with E-state index in [0.717, 1.165) is 0 Å². The first-order chi connectivity index (χ1) is 8.08. The monoisotopic (exact) mass is 275 g/mol. The maximum absolute atomic E-state index is 11.9. The predicted molar refractivity (Wildman–Crippen MR) is 65.5 cm³/mol. The summed E-state index contributed by atoms with van der Waals surface area (Å²) >= 11 is 11.6. The Morgan fingerprint density at radius 1 is 1.47 bits per heavy atom. The molecule has 1 heterocycles. The molecule has 2 N–H and O–H groups in total. The number of rotatable bonds is 2. The summed E-state index contributed by atoms with van der Waals surface area (Å²) in [5.74, 6) is -0.526. The molecule has 0 aliphatic carbocycles. The lowest BCUT2D eigenvalue weighted by Gasteiger charge is -2.12. The normalized spacial score (nSPS) is 19.3. The number of hydrogen-bond donors (Lipinski definition) is 1. The fourth-order valence-corrected chi connectivity index (χ4v) is 2.07. The van der Waals surface area contributed by atoms with Crippen LogP contribution in [0.2, 0.25) is 10.0 Å². The van der Waals surface area contributed by atoms with Gasteiger partial charge in [0.1, 0.15) is 6.10 Å². The van der Waals surface area contributed by atoms with Gasteiger partial charge >= 0.3 is 5.97 Å². The average Bonchev–Trinajstić information content (AvgIpc) is 2.76. The van der Waals surface area contributed by atoms with Crippen LogP contribution < -0.4 is 5.73 Å². The van der Waals surface area contributed by atoms with Crippen LogP contribution in [0.15, 0.2) is 12.1 Å². The van der Waals surface area contributed by atoms with Gasteiger partial charge in [-0.25, -0.2) is 4.79 Å². The maximum atomic E-state index is 11.9. The van der Waals surface area contributed by atoms with Crippen molar-refractivity contribution in [3.8, 4) is 0 Å². The first-order valence-corrected chi connectivity index (χ1v) is 5.87. The topological polar surface area (TPSA) is 61.6 Å². The highest BCUT2D eigenvalue weighted by molar-refractivity contribution is 6.37. The Labute approximate surface area is 109 Å². The minimum Gasteiger partial charge on any atom is -0.456 e. The molecule has 17 heavy (non-hydrogen) atoms. The zero-order valence-electron chi connectivity index (χ0n) is 8.91. The number of hydrogen-bond acceptors (Lipinski definition) is 4. The van der Waals surface area contributed by atoms with Gasteiger partial charge in [-0.15, -0.1) is 0 Å². The summed E-state index contributed by atoms with van der Waals surface area (Å²) < 4.78 is 10.3. The van der Waals surface area contributed by atoms with E-state index in [2.05, 4.69) is 0 Å². The van der Waals surface area contributed by atoms with Crippen molar-refractivity contribution in [3.63, 3.8) is 0 Å². The molecule has 2 rings (SSSR count). The highest BCUT2D eigenvalue weighted by Crippen LogP contribution is 2.28. The van der Waals surface area contributed by atoms with Crippen LogP contribution in [0, 0.1) is 0 Å². The summed E-state index contributed by atoms with van der Waals surface area (Å²) in [7, 11) is 0. The fourth-order valence-electron chi connectivity index (χ4n) is 1.57. The van der Waals surface area contributed by atoms with E-state index in [1.807, 2.05) is 0 Å². The van der Waals surface area contributed by atoms with Gasteiger partial charge in [-0.05, 0) is 12.1 Å². The summed E-state index contributed by atoms with van der Waals surface area (Å²) in [4.78, 5) is 11.9. The van der Waals surface area contributed by atoms with Crippen LogP contribution in [0.1, 0.15) is 16.8 Å². The van der Waals surface area contributed by atoms with Gasteiger partial charge in [0.15, 0.2) is 0 Å². The van der Waals surface area contributed by atoms with Gasteiger partial charge in [-0.2, -0.15) is 0 Å². The molecule has 0 bridgehead atoms. The number of nitrogen functional groups attached to an aromatic ring is 1. The maximum Gasteiger partial charge on any atom is 0.340 e. The van der Waals surface area contributed by atoms with Crippen LogP contribution in [0.5, 0.6) is 0 Å². The Morgan fingerprint density at radius 2 is 2.24 bits per heavy atom. The Bertz CT molecular complexity index is 445. The Balaban J connectivity index is 2.18. The van der Waals surface area contributed by atoms with E-state index in [1.165, 1.54) is 12.1 Å². The van der Waals surface area contributed by atoms with E-state index >= 15 is 0 Å². The molecule has 1 aliphatic rings. The van der Waals surface area contributed by atoms with Crippen LogP contribution in [0.3, 0.4) is 0 Å². The molecule has 92 valence electrons. The molecule has 4 nitrogen and oxygen atoms in total. The van der Waals surface area contributed by atoms with Crippen molar-refractivity contribution in [1.82, 2.24) is 0 Å². The summed E-state index contributed by atoms with van der Waals surface area (Å²) in [5.41, 5.74) is 6.07. The SMILES string of the molecule is Nc1c(Cl)cc(Cl)cc1C(=O)OC1CCOC1. The van der Waals surface area contributed by atoms with Crippen LogP contribution in [0.4, 0.5) is 5.69 Å². The molecule has 1 unspecified atom stereocenters. The lowest BCUT2D eigenvalue weighted by molar-refractivity contribution is 0.0272. The van der Waals surface area contributed by atoms with Crippen molar-refractivity contribution in [1.29, 1.82) is 0 Å². The molecule has 1 fully saturated rings. The summed E-state index contributed by atoms with van der Waals surface area (Å²) in [6.45, 7) is 1.02. The van der Waals surface area contributed by atoms with Crippen LogP contribution in [-0.2, 0) is 9.47 Å². The lowest BCUT2D eigenvalue weighted by Crippen LogP contribution is -2.19. The van der Waals surface area contributed by atoms with Crippen LogP contribution in [0.25, 0.3) is 0 Å². The van der Waals surface area contributed by atoms with E-state index in [-0.39, 0.29) is 22.4 Å². The molecule has 0 amide bonds. The molecule has 1 aromatic rings. The van der Waals surface area contributed by atoms with Gasteiger partial charge in [0.05, 0.1) is 29.5 Å². The van der Waals surface area contributed by atoms with Crippen molar-refractivity contribution in [2.45, 2.75) is 12.5 Å². The molecule has 1 saturated heterocycles. The molecule has 1 aliphatic heterocycles. The summed E-state index contributed by atoms with van der Waals surface area (Å²) in [6.07, 6.45) is 0.472. The third-order valence-electron chi connectivity index (χ3n) is 2.48. The number of carbonyl (C=O) groups is 1. The first kappa shape index (κ1) is 12.5. The Hall–Kier alpha value is -0.970. The quantitative estimate of drug-likeness (QED) is 0.666. The van der Waals surface area contributed by atoms with Crippen molar-refractivity contribution in [2.75, 3.05) is 18.9 Å². The van der Waals surface area contributed by atoms with E-state index in [0.29, 0.717) is 24.7 Å². The third-order valence-corrected chi connectivity index (χ3v) is 3.01. The fraction of sp³-hybridized carbons (Fsp3) is 0.364. The van der Waals surface area contributed by atoms with Crippen molar-refractivity contribution in [2.24, 2.45) is 0 Å². The minimum absolute atomic E-state index is 0.181. The zero-order valence-corrected chi connectivity index (χ0v) is 10.4. The largest absolute Gasteiger partial charge is 0.456 e. The molecule has 0 saturated carbocycles. The molecule has 0 aromatic heterocycles. The van der Waals surface area contributed by atoms with Gasteiger partial charge in [-0.1, -0.05) is 23.2 Å². The van der Waals surface area contributed by atoms with Gasteiger partial charge in [0.25, 0.3) is 0 Å². The summed E-state index contributed by atoms with van der Waals surface area (Å²) in [6, 6.07) is 2.93. The molecule has 6 heteroatoms. The van der Waals surface area contributed by atoms with E-state index in [4.69, 9.17) is 38.4 Å². The molecule has 0 radical (unpaired) electrons. The molecular weight excluding hydrogens is 265 g/mol. The van der Waals surface area contributed by atoms with Gasteiger partial charge in [0.2, 0.25) is 0 Å². The molecule has 0 spiro atoms. The van der Waals surface area contributed by atoms with Gasteiger partial charge in [-0.3, -0.25) is 0 Å². The van der Waals surface area contributed by atoms with Crippen molar-refractivity contribution >= 4 is 34.9 Å². The van der Waals surface area contributed by atoms with Crippen LogP contribution >= 0.6 is 23.2 Å². The number of halogens is 2. The number of nitrogens with two attached hydrogens (primary N) is 1. The van der Waals surface area contributed by atoms with Crippen molar-refractivity contribution < 1.29 is 14.3 Å². The molecule has 1 aromatic carbocycles.